The van der Waals surface area contributed by atoms with Gasteiger partial charge in [-0.3, -0.25) is 9.59 Å². The molecule has 2 heterocycles. The number of rotatable bonds is 4. The minimum atomic E-state index is 0.0188. The molecule has 138 valence electrons. The molecular weight excluding hydrogens is 354 g/mol. The Balaban J connectivity index is 1.53. The van der Waals surface area contributed by atoms with Crippen LogP contribution in [0.25, 0.3) is 0 Å². The number of carbonyl (C=O) groups is 2. The summed E-state index contributed by atoms with van der Waals surface area (Å²) in [7, 11) is 0. The molecule has 0 spiro atoms. The summed E-state index contributed by atoms with van der Waals surface area (Å²) in [5, 5.41) is 4.53. The molecule has 1 aromatic carbocycles. The first-order valence-corrected chi connectivity index (χ1v) is 9.11. The van der Waals surface area contributed by atoms with Crippen LogP contribution in [0.3, 0.4) is 0 Å². The Morgan fingerprint density at radius 3 is 2.23 bits per heavy atom. The number of aromatic nitrogens is 1. The van der Waals surface area contributed by atoms with Crippen molar-refractivity contribution >= 4 is 23.4 Å². The van der Waals surface area contributed by atoms with Crippen LogP contribution in [0.4, 0.5) is 0 Å². The van der Waals surface area contributed by atoms with Gasteiger partial charge in [-0.2, -0.15) is 0 Å². The van der Waals surface area contributed by atoms with Crippen LogP contribution in [0.1, 0.15) is 23.4 Å². The van der Waals surface area contributed by atoms with E-state index in [-0.39, 0.29) is 18.2 Å². The number of carbonyl (C=O) groups excluding carboxylic acids is 2. The monoisotopic (exact) mass is 375 g/mol. The van der Waals surface area contributed by atoms with Gasteiger partial charge in [0.2, 0.25) is 11.8 Å². The van der Waals surface area contributed by atoms with Gasteiger partial charge in [0.25, 0.3) is 0 Å². The first-order chi connectivity index (χ1) is 12.5. The Morgan fingerprint density at radius 2 is 1.65 bits per heavy atom. The van der Waals surface area contributed by atoms with Gasteiger partial charge in [-0.15, -0.1) is 0 Å². The zero-order valence-electron chi connectivity index (χ0n) is 14.8. The van der Waals surface area contributed by atoms with Crippen molar-refractivity contribution in [3.05, 3.63) is 52.4 Å². The Kier molecular flexibility index (Phi) is 5.93. The van der Waals surface area contributed by atoms with Gasteiger partial charge in [0, 0.05) is 37.3 Å². The van der Waals surface area contributed by atoms with E-state index in [0.29, 0.717) is 49.1 Å². The average Bonchev–Trinajstić information content (AvgIpc) is 2.87. The molecule has 2 aromatic rings. The van der Waals surface area contributed by atoms with E-state index in [2.05, 4.69) is 5.16 Å². The van der Waals surface area contributed by atoms with Crippen molar-refractivity contribution in [1.82, 2.24) is 15.0 Å². The Bertz CT molecular complexity index is 773. The SMILES string of the molecule is Cc1cc(CC(=O)N2CCCN(C(=O)Cc3ccc(Cl)cc3)CC2)no1. The minimum Gasteiger partial charge on any atom is -0.361 e. The zero-order valence-corrected chi connectivity index (χ0v) is 15.5. The topological polar surface area (TPSA) is 66.7 Å². The van der Waals surface area contributed by atoms with E-state index in [1.54, 1.807) is 30.0 Å². The van der Waals surface area contributed by atoms with Gasteiger partial charge in [-0.05, 0) is 31.0 Å². The van der Waals surface area contributed by atoms with Gasteiger partial charge in [-0.1, -0.05) is 28.9 Å². The molecule has 1 aliphatic rings. The normalized spacial score (nSPS) is 15.0. The summed E-state index contributed by atoms with van der Waals surface area (Å²) in [5.74, 6) is 0.793. The molecule has 1 aliphatic heterocycles. The summed E-state index contributed by atoms with van der Waals surface area (Å²) in [6.07, 6.45) is 1.36. The summed E-state index contributed by atoms with van der Waals surface area (Å²) < 4.78 is 5.01. The molecule has 6 nitrogen and oxygen atoms in total. The summed E-state index contributed by atoms with van der Waals surface area (Å²) in [4.78, 5) is 28.6. The van der Waals surface area contributed by atoms with Gasteiger partial charge in [-0.25, -0.2) is 0 Å². The summed E-state index contributed by atoms with van der Waals surface area (Å²) in [6.45, 7) is 4.22. The molecule has 26 heavy (non-hydrogen) atoms. The lowest BCUT2D eigenvalue weighted by Gasteiger charge is -2.22. The number of aryl methyl sites for hydroxylation is 1. The third kappa shape index (κ3) is 4.85. The summed E-state index contributed by atoms with van der Waals surface area (Å²) >= 11 is 5.88. The van der Waals surface area contributed by atoms with E-state index in [1.807, 2.05) is 17.0 Å². The van der Waals surface area contributed by atoms with E-state index in [4.69, 9.17) is 16.1 Å². The molecule has 0 aliphatic carbocycles. The smallest absolute Gasteiger partial charge is 0.228 e. The van der Waals surface area contributed by atoms with Gasteiger partial charge in [0.1, 0.15) is 5.76 Å². The lowest BCUT2D eigenvalue weighted by Crippen LogP contribution is -2.38. The molecule has 2 amide bonds. The fourth-order valence-electron chi connectivity index (χ4n) is 3.07. The van der Waals surface area contributed by atoms with E-state index in [0.717, 1.165) is 12.0 Å². The maximum Gasteiger partial charge on any atom is 0.228 e. The van der Waals surface area contributed by atoms with Crippen LogP contribution in [0.5, 0.6) is 0 Å². The summed E-state index contributed by atoms with van der Waals surface area (Å²) in [6, 6.07) is 9.09. The minimum absolute atomic E-state index is 0.0188. The molecule has 0 unspecified atom stereocenters. The molecule has 0 atom stereocenters. The Morgan fingerprint density at radius 1 is 1.04 bits per heavy atom. The van der Waals surface area contributed by atoms with Crippen molar-refractivity contribution in [3.8, 4) is 0 Å². The van der Waals surface area contributed by atoms with Crippen molar-refractivity contribution in [3.63, 3.8) is 0 Å². The van der Waals surface area contributed by atoms with Gasteiger partial charge >= 0.3 is 0 Å². The quantitative estimate of drug-likeness (QED) is 0.823. The fraction of sp³-hybridized carbons (Fsp3) is 0.421. The maximum atomic E-state index is 12.5. The number of benzene rings is 1. The van der Waals surface area contributed by atoms with Crippen LogP contribution in [-0.2, 0) is 22.4 Å². The van der Waals surface area contributed by atoms with Gasteiger partial charge in [0.15, 0.2) is 0 Å². The second-order valence-corrected chi connectivity index (χ2v) is 6.96. The number of halogens is 1. The molecular formula is C19H22ClN3O3. The van der Waals surface area contributed by atoms with Crippen LogP contribution in [-0.4, -0.2) is 52.9 Å². The number of hydrogen-bond donors (Lipinski definition) is 0. The van der Waals surface area contributed by atoms with Crippen LogP contribution in [0, 0.1) is 6.92 Å². The highest BCUT2D eigenvalue weighted by molar-refractivity contribution is 6.30. The van der Waals surface area contributed by atoms with Crippen LogP contribution >= 0.6 is 11.6 Å². The van der Waals surface area contributed by atoms with Crippen molar-refractivity contribution < 1.29 is 14.1 Å². The first kappa shape index (κ1) is 18.5. The molecule has 1 aromatic heterocycles. The average molecular weight is 376 g/mol. The molecule has 7 heteroatoms. The fourth-order valence-corrected chi connectivity index (χ4v) is 3.20. The molecule has 3 rings (SSSR count). The van der Waals surface area contributed by atoms with Crippen LogP contribution in [0.2, 0.25) is 5.02 Å². The zero-order chi connectivity index (χ0) is 18.5. The molecule has 0 bridgehead atoms. The van der Waals surface area contributed by atoms with Crippen LogP contribution < -0.4 is 0 Å². The third-order valence-corrected chi connectivity index (χ3v) is 4.73. The molecule has 0 radical (unpaired) electrons. The highest BCUT2D eigenvalue weighted by atomic mass is 35.5. The lowest BCUT2D eigenvalue weighted by atomic mass is 10.1. The van der Waals surface area contributed by atoms with Crippen molar-refractivity contribution in [1.29, 1.82) is 0 Å². The van der Waals surface area contributed by atoms with Gasteiger partial charge in [0.05, 0.1) is 18.5 Å². The van der Waals surface area contributed by atoms with Gasteiger partial charge < -0.3 is 14.3 Å². The van der Waals surface area contributed by atoms with Crippen LogP contribution in [0.15, 0.2) is 34.9 Å². The molecule has 1 fully saturated rings. The number of nitrogens with zero attached hydrogens (tertiary/aromatic N) is 3. The second kappa shape index (κ2) is 8.36. The van der Waals surface area contributed by atoms with E-state index >= 15 is 0 Å². The predicted molar refractivity (Wildman–Crippen MR) is 97.9 cm³/mol. The van der Waals surface area contributed by atoms with E-state index in [1.165, 1.54) is 0 Å². The molecule has 1 saturated heterocycles. The number of amides is 2. The Labute approximate surface area is 157 Å². The molecule has 0 saturated carbocycles. The van der Waals surface area contributed by atoms with Crippen molar-refractivity contribution in [2.75, 3.05) is 26.2 Å². The largest absolute Gasteiger partial charge is 0.361 e. The number of hydrogen-bond acceptors (Lipinski definition) is 4. The summed E-state index contributed by atoms with van der Waals surface area (Å²) in [5.41, 5.74) is 1.59. The maximum absolute atomic E-state index is 12.5. The third-order valence-electron chi connectivity index (χ3n) is 4.48. The predicted octanol–water partition coefficient (Wildman–Crippen LogP) is 2.48. The standard InChI is InChI=1S/C19H22ClN3O3/c1-14-11-17(21-26-14)13-19(25)23-8-2-7-22(9-10-23)18(24)12-15-3-5-16(20)6-4-15/h3-6,11H,2,7-10,12-13H2,1H3. The Hall–Kier alpha value is -2.34. The van der Waals surface area contributed by atoms with Crippen molar-refractivity contribution in [2.45, 2.75) is 26.2 Å². The second-order valence-electron chi connectivity index (χ2n) is 6.52. The van der Waals surface area contributed by atoms with E-state index < -0.39 is 0 Å². The molecule has 0 N–H and O–H groups in total. The highest BCUT2D eigenvalue weighted by Gasteiger charge is 2.22. The first-order valence-electron chi connectivity index (χ1n) is 8.73. The highest BCUT2D eigenvalue weighted by Crippen LogP contribution is 2.13. The van der Waals surface area contributed by atoms with Crippen molar-refractivity contribution in [2.24, 2.45) is 0 Å². The lowest BCUT2D eigenvalue weighted by molar-refractivity contribution is -0.132. The van der Waals surface area contributed by atoms with E-state index in [9.17, 15) is 9.59 Å².